The van der Waals surface area contributed by atoms with Gasteiger partial charge in [-0.05, 0) is 38.2 Å². The molecule has 1 aromatic carbocycles. The van der Waals surface area contributed by atoms with Crippen LogP contribution < -0.4 is 45.0 Å². The number of aliphatic hydroxyl groups excluding tert-OH is 1. The van der Waals surface area contributed by atoms with E-state index in [2.05, 4.69) is 0 Å². The second-order valence-electron chi connectivity index (χ2n) is 7.82. The molecule has 2 aromatic rings. The van der Waals surface area contributed by atoms with Crippen molar-refractivity contribution in [2.24, 2.45) is 5.92 Å². The van der Waals surface area contributed by atoms with Gasteiger partial charge in [0.15, 0.2) is 5.43 Å². The van der Waals surface area contributed by atoms with E-state index < -0.39 is 28.9 Å². The number of aromatic nitrogens is 1. The topological polar surface area (TPSA) is 85.6 Å². The standard InChI is InChI=1S/C20H23FN2O4.Na/c1-10-8-22(6-5-16(10)24)18-12-4-3-11(2)23-9-14(20(26)27)19(25)13(17(12)23)7-15(18)21;/h7,9-11,16,24H,3-6,8H2,1-2H3,(H,26,27);/q;+1/p-1/t10?,11?,16-;/m0./s1. The second-order valence-corrected chi connectivity index (χ2v) is 7.82. The van der Waals surface area contributed by atoms with Crippen LogP contribution >= 0.6 is 0 Å². The van der Waals surface area contributed by atoms with Crippen LogP contribution in [0.15, 0.2) is 17.1 Å². The van der Waals surface area contributed by atoms with E-state index in [1.54, 1.807) is 4.57 Å². The second kappa shape index (κ2) is 7.78. The molecule has 0 aliphatic carbocycles. The minimum Gasteiger partial charge on any atom is -0.545 e. The van der Waals surface area contributed by atoms with E-state index in [1.165, 1.54) is 6.20 Å². The number of aliphatic hydroxyl groups is 1. The Labute approximate surface area is 184 Å². The molecule has 0 saturated carbocycles. The summed E-state index contributed by atoms with van der Waals surface area (Å²) in [5, 5.41) is 21.4. The summed E-state index contributed by atoms with van der Waals surface area (Å²) in [5.41, 5.74) is 0.684. The van der Waals surface area contributed by atoms with E-state index >= 15 is 4.39 Å². The number of carboxylic acids is 1. The molecule has 0 radical (unpaired) electrons. The normalized spacial score (nSPS) is 24.1. The fourth-order valence-corrected chi connectivity index (χ4v) is 4.46. The van der Waals surface area contributed by atoms with E-state index in [1.807, 2.05) is 18.7 Å². The van der Waals surface area contributed by atoms with Crippen molar-refractivity contribution < 1.29 is 49.0 Å². The summed E-state index contributed by atoms with van der Waals surface area (Å²) in [6, 6.07) is 1.16. The predicted molar refractivity (Wildman–Crippen MR) is 97.5 cm³/mol. The molecule has 0 bridgehead atoms. The predicted octanol–water partition coefficient (Wildman–Crippen LogP) is -1.78. The van der Waals surface area contributed by atoms with E-state index in [-0.39, 0.29) is 46.9 Å². The fraction of sp³-hybridized carbons (Fsp3) is 0.500. The first-order valence-corrected chi connectivity index (χ1v) is 9.34. The molecule has 3 heterocycles. The molecule has 8 heteroatoms. The molecule has 4 rings (SSSR count). The van der Waals surface area contributed by atoms with Gasteiger partial charge in [-0.25, -0.2) is 4.39 Å². The van der Waals surface area contributed by atoms with Crippen molar-refractivity contribution in [1.82, 2.24) is 4.57 Å². The third-order valence-electron chi connectivity index (χ3n) is 6.02. The summed E-state index contributed by atoms with van der Waals surface area (Å²) in [7, 11) is 0. The molecule has 2 aliphatic heterocycles. The van der Waals surface area contributed by atoms with Crippen molar-refractivity contribution in [1.29, 1.82) is 0 Å². The van der Waals surface area contributed by atoms with Gasteiger partial charge in [0, 0.05) is 36.3 Å². The largest absolute Gasteiger partial charge is 1.00 e. The fourth-order valence-electron chi connectivity index (χ4n) is 4.46. The minimum absolute atomic E-state index is 0. The summed E-state index contributed by atoms with van der Waals surface area (Å²) < 4.78 is 16.9. The molecule has 3 atom stereocenters. The number of carbonyl (C=O) groups is 1. The number of hydrogen-bond donors (Lipinski definition) is 1. The molecule has 28 heavy (non-hydrogen) atoms. The molecular weight excluding hydrogens is 374 g/mol. The first-order chi connectivity index (χ1) is 12.8. The third-order valence-corrected chi connectivity index (χ3v) is 6.02. The Morgan fingerprint density at radius 2 is 2.04 bits per heavy atom. The summed E-state index contributed by atoms with van der Waals surface area (Å²) in [5.74, 6) is -2.05. The van der Waals surface area contributed by atoms with Crippen molar-refractivity contribution in [3.63, 3.8) is 0 Å². The number of benzene rings is 1. The molecule has 1 fully saturated rings. The number of rotatable bonds is 2. The van der Waals surface area contributed by atoms with Gasteiger partial charge in [-0.1, -0.05) is 6.92 Å². The van der Waals surface area contributed by atoms with Crippen LogP contribution in [0.4, 0.5) is 10.1 Å². The number of carbonyl (C=O) groups excluding carboxylic acids is 1. The number of anilines is 1. The molecule has 2 aliphatic rings. The first-order valence-electron chi connectivity index (χ1n) is 9.34. The number of piperidine rings is 1. The van der Waals surface area contributed by atoms with Crippen molar-refractivity contribution in [3.8, 4) is 0 Å². The van der Waals surface area contributed by atoms with Gasteiger partial charge in [-0.15, -0.1) is 0 Å². The Bertz CT molecular complexity index is 1010. The van der Waals surface area contributed by atoms with E-state index in [0.717, 1.165) is 18.1 Å². The number of carboxylic acid groups (broad SMARTS) is 1. The van der Waals surface area contributed by atoms with Crippen molar-refractivity contribution in [2.45, 2.75) is 45.3 Å². The van der Waals surface area contributed by atoms with Crippen LogP contribution in [0, 0.1) is 11.7 Å². The maximum absolute atomic E-state index is 15.1. The number of nitrogens with zero attached hydrogens (tertiary/aromatic N) is 2. The first kappa shape index (κ1) is 21.3. The number of hydrogen-bond acceptors (Lipinski definition) is 5. The number of pyridine rings is 1. The zero-order valence-corrected chi connectivity index (χ0v) is 18.4. The van der Waals surface area contributed by atoms with Gasteiger partial charge in [-0.2, -0.15) is 0 Å². The molecule has 2 unspecified atom stereocenters. The van der Waals surface area contributed by atoms with Crippen LogP contribution in [0.1, 0.15) is 48.7 Å². The van der Waals surface area contributed by atoms with Crippen molar-refractivity contribution >= 4 is 22.6 Å². The number of aryl methyl sites for hydroxylation is 1. The maximum Gasteiger partial charge on any atom is 1.00 e. The monoisotopic (exact) mass is 396 g/mol. The molecule has 144 valence electrons. The van der Waals surface area contributed by atoms with Gasteiger partial charge in [0.25, 0.3) is 0 Å². The molecule has 6 nitrogen and oxygen atoms in total. The van der Waals surface area contributed by atoms with Gasteiger partial charge in [-0.3, -0.25) is 4.79 Å². The third kappa shape index (κ3) is 3.28. The molecule has 0 spiro atoms. The Morgan fingerprint density at radius 1 is 1.32 bits per heavy atom. The van der Waals surface area contributed by atoms with Gasteiger partial charge in [0.1, 0.15) is 5.82 Å². The molecule has 1 aromatic heterocycles. The van der Waals surface area contributed by atoms with Gasteiger partial charge >= 0.3 is 29.6 Å². The van der Waals surface area contributed by atoms with Crippen LogP contribution in [0.25, 0.3) is 10.9 Å². The Balaban J connectivity index is 0.00000225. The maximum atomic E-state index is 15.1. The SMILES string of the molecule is CC1CN(c2c(F)cc3c(=O)c(C(=O)[O-])cn4c3c2CCC4C)CC[C@@H]1O.[Na+]. The van der Waals surface area contributed by atoms with E-state index in [9.17, 15) is 19.8 Å². The smallest absolute Gasteiger partial charge is 0.545 e. The summed E-state index contributed by atoms with van der Waals surface area (Å²) in [6.45, 7) is 4.96. The average Bonchev–Trinajstić information content (AvgIpc) is 2.61. The zero-order chi connectivity index (χ0) is 19.5. The zero-order valence-electron chi connectivity index (χ0n) is 16.4. The summed E-state index contributed by atoms with van der Waals surface area (Å²) in [6.07, 6.45) is 2.83. The summed E-state index contributed by atoms with van der Waals surface area (Å²) >= 11 is 0. The van der Waals surface area contributed by atoms with E-state index in [4.69, 9.17) is 0 Å². The van der Waals surface area contributed by atoms with Crippen molar-refractivity contribution in [3.05, 3.63) is 39.4 Å². The molecule has 1 N–H and O–H groups in total. The number of halogens is 1. The van der Waals surface area contributed by atoms with Gasteiger partial charge in [0.2, 0.25) is 0 Å². The van der Waals surface area contributed by atoms with E-state index in [0.29, 0.717) is 37.1 Å². The van der Waals surface area contributed by atoms with Crippen LogP contribution in [0.3, 0.4) is 0 Å². The van der Waals surface area contributed by atoms with Crippen LogP contribution in [-0.2, 0) is 6.42 Å². The summed E-state index contributed by atoms with van der Waals surface area (Å²) in [4.78, 5) is 25.9. The minimum atomic E-state index is -1.55. The Kier molecular flexibility index (Phi) is 5.92. The van der Waals surface area contributed by atoms with Crippen molar-refractivity contribution in [2.75, 3.05) is 18.0 Å². The van der Waals surface area contributed by atoms with Crippen LogP contribution in [-0.4, -0.2) is 34.8 Å². The molecular formula is C20H22FN2NaO4. The quantitative estimate of drug-likeness (QED) is 0.607. The van der Waals surface area contributed by atoms with Crippen LogP contribution in [0.2, 0.25) is 0 Å². The molecule has 0 amide bonds. The number of aromatic carboxylic acids is 1. The Morgan fingerprint density at radius 3 is 2.68 bits per heavy atom. The Hall–Kier alpha value is -1.41. The van der Waals surface area contributed by atoms with Gasteiger partial charge < -0.3 is 24.5 Å². The molecule has 1 saturated heterocycles. The van der Waals surface area contributed by atoms with Crippen LogP contribution in [0.5, 0.6) is 0 Å². The average molecular weight is 396 g/mol. The van der Waals surface area contributed by atoms with Gasteiger partial charge in [0.05, 0.1) is 28.8 Å².